The van der Waals surface area contributed by atoms with Crippen LogP contribution in [-0.2, 0) is 14.3 Å². The SMILES string of the molecule is CC(=O)OC1CCC2C3CCC4CC(=O)C=C(C)[C@]4(C)C3CC[C@]12C. The average Bonchev–Trinajstić information content (AvgIpc) is 2.85. The fraction of sp³-hybridized carbons (Fsp3) is 0.818. The van der Waals surface area contributed by atoms with Crippen molar-refractivity contribution in [2.24, 2.45) is 34.5 Å². The maximum absolute atomic E-state index is 12.1. The molecule has 0 amide bonds. The average molecular weight is 344 g/mol. The summed E-state index contributed by atoms with van der Waals surface area (Å²) >= 11 is 0. The van der Waals surface area contributed by atoms with E-state index in [1.165, 1.54) is 31.3 Å². The minimum absolute atomic E-state index is 0.103. The van der Waals surface area contributed by atoms with Gasteiger partial charge in [0.15, 0.2) is 5.78 Å². The summed E-state index contributed by atoms with van der Waals surface area (Å²) < 4.78 is 5.74. The first kappa shape index (κ1) is 17.3. The highest BCUT2D eigenvalue weighted by atomic mass is 16.5. The number of carbonyl (C=O) groups is 2. The summed E-state index contributed by atoms with van der Waals surface area (Å²) in [6.45, 7) is 8.54. The van der Waals surface area contributed by atoms with Crippen LogP contribution in [-0.4, -0.2) is 17.9 Å². The molecule has 0 aromatic rings. The first-order valence-corrected chi connectivity index (χ1v) is 10.2. The summed E-state index contributed by atoms with van der Waals surface area (Å²) in [4.78, 5) is 23.6. The zero-order chi connectivity index (χ0) is 18.0. The van der Waals surface area contributed by atoms with Crippen LogP contribution in [0.3, 0.4) is 0 Å². The third-order valence-electron chi connectivity index (χ3n) is 8.80. The van der Waals surface area contributed by atoms with Gasteiger partial charge in [0, 0.05) is 18.8 Å². The fourth-order valence-electron chi connectivity index (χ4n) is 7.40. The van der Waals surface area contributed by atoms with Crippen molar-refractivity contribution in [2.45, 2.75) is 78.7 Å². The molecule has 3 nitrogen and oxygen atoms in total. The third kappa shape index (κ3) is 2.37. The van der Waals surface area contributed by atoms with Gasteiger partial charge in [0.1, 0.15) is 6.10 Å². The van der Waals surface area contributed by atoms with Crippen LogP contribution in [0.1, 0.15) is 72.6 Å². The highest BCUT2D eigenvalue weighted by molar-refractivity contribution is 5.91. The number of ketones is 1. The van der Waals surface area contributed by atoms with E-state index < -0.39 is 0 Å². The molecule has 25 heavy (non-hydrogen) atoms. The number of carbonyl (C=O) groups excluding carboxylic acids is 2. The lowest BCUT2D eigenvalue weighted by Gasteiger charge is -2.60. The van der Waals surface area contributed by atoms with E-state index >= 15 is 0 Å². The molecule has 138 valence electrons. The van der Waals surface area contributed by atoms with Gasteiger partial charge in [-0.15, -0.1) is 0 Å². The second-order valence-electron chi connectivity index (χ2n) is 9.65. The smallest absolute Gasteiger partial charge is 0.302 e. The molecule has 4 rings (SSSR count). The standard InChI is InChI=1S/C22H32O3/c1-13-11-16(24)12-15-5-6-17-18-7-8-20(25-14(2)23)21(18,3)10-9-19(17)22(13,15)4/h11,15,17-20H,5-10,12H2,1-4H3/t15?,17?,18?,19?,20?,21-,22-/m0/s1. The van der Waals surface area contributed by atoms with Gasteiger partial charge in [-0.2, -0.15) is 0 Å². The summed E-state index contributed by atoms with van der Waals surface area (Å²) in [5.74, 6) is 2.80. The van der Waals surface area contributed by atoms with Gasteiger partial charge >= 0.3 is 5.97 Å². The van der Waals surface area contributed by atoms with Gasteiger partial charge in [0.05, 0.1) is 0 Å². The molecule has 4 aliphatic carbocycles. The van der Waals surface area contributed by atoms with Crippen LogP contribution < -0.4 is 0 Å². The number of esters is 1. The van der Waals surface area contributed by atoms with E-state index in [9.17, 15) is 9.59 Å². The zero-order valence-electron chi connectivity index (χ0n) is 16.1. The molecule has 0 heterocycles. The lowest BCUT2D eigenvalue weighted by Crippen LogP contribution is -2.54. The van der Waals surface area contributed by atoms with Crippen molar-refractivity contribution in [1.29, 1.82) is 0 Å². The van der Waals surface area contributed by atoms with E-state index in [0.29, 0.717) is 23.5 Å². The molecule has 0 saturated heterocycles. The highest BCUT2D eigenvalue weighted by Crippen LogP contribution is 2.66. The van der Waals surface area contributed by atoms with Crippen molar-refractivity contribution in [3.8, 4) is 0 Å². The zero-order valence-corrected chi connectivity index (χ0v) is 16.1. The fourth-order valence-corrected chi connectivity index (χ4v) is 7.40. The maximum atomic E-state index is 12.1. The predicted molar refractivity (Wildman–Crippen MR) is 96.8 cm³/mol. The van der Waals surface area contributed by atoms with E-state index in [-0.39, 0.29) is 22.9 Å². The van der Waals surface area contributed by atoms with Gasteiger partial charge in [0.2, 0.25) is 0 Å². The Balaban J connectivity index is 1.65. The lowest BCUT2D eigenvalue weighted by atomic mass is 9.45. The molecule has 3 saturated carbocycles. The van der Waals surface area contributed by atoms with Crippen LogP contribution in [0.4, 0.5) is 0 Å². The number of hydrogen-bond acceptors (Lipinski definition) is 3. The second kappa shape index (κ2) is 5.69. The normalized spacial score (nSPS) is 48.9. The number of allylic oxidation sites excluding steroid dienone is 2. The summed E-state index contributed by atoms with van der Waals surface area (Å²) in [5, 5.41) is 0. The third-order valence-corrected chi connectivity index (χ3v) is 8.80. The topological polar surface area (TPSA) is 43.4 Å². The summed E-state index contributed by atoms with van der Waals surface area (Å²) in [6.07, 6.45) is 9.79. The van der Waals surface area contributed by atoms with Crippen molar-refractivity contribution in [2.75, 3.05) is 0 Å². The molecular formula is C22H32O3. The van der Waals surface area contributed by atoms with Crippen LogP contribution >= 0.6 is 0 Å². The summed E-state index contributed by atoms with van der Waals surface area (Å²) in [6, 6.07) is 0. The molecular weight excluding hydrogens is 312 g/mol. The molecule has 0 spiro atoms. The van der Waals surface area contributed by atoms with Crippen LogP contribution in [0.15, 0.2) is 11.6 Å². The van der Waals surface area contributed by atoms with E-state index in [1.54, 1.807) is 6.92 Å². The van der Waals surface area contributed by atoms with E-state index in [0.717, 1.165) is 25.2 Å². The molecule has 3 heteroatoms. The van der Waals surface area contributed by atoms with E-state index in [4.69, 9.17) is 4.74 Å². The second-order valence-corrected chi connectivity index (χ2v) is 9.65. The van der Waals surface area contributed by atoms with Crippen LogP contribution in [0.5, 0.6) is 0 Å². The highest BCUT2D eigenvalue weighted by Gasteiger charge is 2.61. The van der Waals surface area contributed by atoms with E-state index in [1.807, 2.05) is 6.08 Å². The molecule has 0 aromatic carbocycles. The van der Waals surface area contributed by atoms with Gasteiger partial charge in [-0.3, -0.25) is 9.59 Å². The first-order valence-electron chi connectivity index (χ1n) is 10.2. The van der Waals surface area contributed by atoms with Crippen LogP contribution in [0, 0.1) is 34.5 Å². The monoisotopic (exact) mass is 344 g/mol. The van der Waals surface area contributed by atoms with Gasteiger partial charge in [-0.05, 0) is 80.6 Å². The molecule has 0 radical (unpaired) electrons. The van der Waals surface area contributed by atoms with Crippen LogP contribution in [0.2, 0.25) is 0 Å². The Hall–Kier alpha value is -1.12. The Labute approximate surface area is 151 Å². The Morgan fingerprint density at radius 2 is 1.88 bits per heavy atom. The predicted octanol–water partition coefficient (Wildman–Crippen LogP) is 4.70. The van der Waals surface area contributed by atoms with Gasteiger partial charge < -0.3 is 4.74 Å². The molecule has 4 aliphatic rings. The van der Waals surface area contributed by atoms with E-state index in [2.05, 4.69) is 20.8 Å². The van der Waals surface area contributed by atoms with Crippen molar-refractivity contribution >= 4 is 11.8 Å². The van der Waals surface area contributed by atoms with Gasteiger partial charge in [-0.25, -0.2) is 0 Å². The maximum Gasteiger partial charge on any atom is 0.302 e. The number of fused-ring (bicyclic) bond motifs is 5. The molecule has 5 unspecified atom stereocenters. The Morgan fingerprint density at radius 1 is 1.12 bits per heavy atom. The quantitative estimate of drug-likeness (QED) is 0.648. The Morgan fingerprint density at radius 3 is 2.60 bits per heavy atom. The number of rotatable bonds is 1. The van der Waals surface area contributed by atoms with Crippen molar-refractivity contribution < 1.29 is 14.3 Å². The van der Waals surface area contributed by atoms with Gasteiger partial charge in [0.25, 0.3) is 0 Å². The minimum atomic E-state index is -0.130. The largest absolute Gasteiger partial charge is 0.462 e. The molecule has 7 atom stereocenters. The van der Waals surface area contributed by atoms with Crippen molar-refractivity contribution in [3.63, 3.8) is 0 Å². The lowest BCUT2D eigenvalue weighted by molar-refractivity contribution is -0.158. The van der Waals surface area contributed by atoms with Crippen molar-refractivity contribution in [3.05, 3.63) is 11.6 Å². The summed E-state index contributed by atoms with van der Waals surface area (Å²) in [7, 11) is 0. The minimum Gasteiger partial charge on any atom is -0.462 e. The first-order chi connectivity index (χ1) is 11.8. The molecule has 0 N–H and O–H groups in total. The molecule has 0 aliphatic heterocycles. The molecule has 3 fully saturated rings. The van der Waals surface area contributed by atoms with Gasteiger partial charge in [-0.1, -0.05) is 19.4 Å². The van der Waals surface area contributed by atoms with Crippen LogP contribution in [0.25, 0.3) is 0 Å². The molecule has 0 bridgehead atoms. The van der Waals surface area contributed by atoms with Crippen molar-refractivity contribution in [1.82, 2.24) is 0 Å². The Kier molecular flexibility index (Phi) is 3.94. The number of hydrogen-bond donors (Lipinski definition) is 0. The number of ether oxygens (including phenoxy) is 1. The molecule has 0 aromatic heterocycles. The summed E-state index contributed by atoms with van der Waals surface area (Å²) in [5.41, 5.74) is 1.66. The Bertz CT molecular complexity index is 635.